The number of hydrogen-bond acceptors (Lipinski definition) is 2. The molecule has 2 N–H and O–H groups in total. The maximum absolute atomic E-state index is 9.48. The van der Waals surface area contributed by atoms with Gasteiger partial charge in [-0.25, -0.2) is 0 Å². The number of phenols is 1. The topological polar surface area (TPSA) is 32.3 Å². The molecule has 0 aliphatic carbocycles. The summed E-state index contributed by atoms with van der Waals surface area (Å²) in [5.74, 6) is 0.318. The fourth-order valence-electron chi connectivity index (χ4n) is 2.15. The van der Waals surface area contributed by atoms with E-state index in [9.17, 15) is 5.11 Å². The van der Waals surface area contributed by atoms with E-state index in [0.29, 0.717) is 11.8 Å². The number of hydrogen-bond donors (Lipinski definition) is 2. The standard InChI is InChI=1S/C16H18ClNO/c1-18-15(9-12-5-7-14(17)8-6-12)10-13-3-2-4-16(19)11-13/h2-8,11,15,18-19H,9-10H2,1H3. The van der Waals surface area contributed by atoms with E-state index < -0.39 is 0 Å². The molecule has 0 aliphatic heterocycles. The van der Waals surface area contributed by atoms with Gasteiger partial charge >= 0.3 is 0 Å². The number of aromatic hydroxyl groups is 1. The van der Waals surface area contributed by atoms with Gasteiger partial charge in [0.15, 0.2) is 0 Å². The van der Waals surface area contributed by atoms with Crippen LogP contribution < -0.4 is 5.32 Å². The highest BCUT2D eigenvalue weighted by atomic mass is 35.5. The Hall–Kier alpha value is -1.51. The fraction of sp³-hybridized carbons (Fsp3) is 0.250. The lowest BCUT2D eigenvalue weighted by molar-refractivity contribution is 0.473. The summed E-state index contributed by atoms with van der Waals surface area (Å²) in [5.41, 5.74) is 2.39. The van der Waals surface area contributed by atoms with Gasteiger partial charge in [0, 0.05) is 11.1 Å². The molecule has 0 saturated heterocycles. The van der Waals surface area contributed by atoms with Crippen LogP contribution in [0.3, 0.4) is 0 Å². The monoisotopic (exact) mass is 275 g/mol. The fourth-order valence-corrected chi connectivity index (χ4v) is 2.28. The van der Waals surface area contributed by atoms with E-state index in [0.717, 1.165) is 23.4 Å². The molecule has 3 heteroatoms. The summed E-state index contributed by atoms with van der Waals surface area (Å²) in [6.07, 6.45) is 1.82. The van der Waals surface area contributed by atoms with Crippen LogP contribution in [0.15, 0.2) is 48.5 Å². The third-order valence-corrected chi connectivity index (χ3v) is 3.45. The summed E-state index contributed by atoms with van der Waals surface area (Å²) in [4.78, 5) is 0. The van der Waals surface area contributed by atoms with E-state index in [4.69, 9.17) is 11.6 Å². The Kier molecular flexibility index (Phi) is 4.83. The van der Waals surface area contributed by atoms with E-state index in [-0.39, 0.29) is 0 Å². The van der Waals surface area contributed by atoms with Crippen molar-refractivity contribution in [3.63, 3.8) is 0 Å². The van der Waals surface area contributed by atoms with Crippen molar-refractivity contribution in [2.24, 2.45) is 0 Å². The van der Waals surface area contributed by atoms with Gasteiger partial charge in [-0.3, -0.25) is 0 Å². The van der Waals surface area contributed by atoms with Crippen LogP contribution in [0.4, 0.5) is 0 Å². The SMILES string of the molecule is CNC(Cc1ccc(Cl)cc1)Cc1cccc(O)c1. The number of halogens is 1. The van der Waals surface area contributed by atoms with Gasteiger partial charge < -0.3 is 10.4 Å². The van der Waals surface area contributed by atoms with Crippen LogP contribution in [0.2, 0.25) is 5.02 Å². The second kappa shape index (κ2) is 6.60. The van der Waals surface area contributed by atoms with Gasteiger partial charge in [-0.2, -0.15) is 0 Å². The first-order chi connectivity index (χ1) is 9.17. The van der Waals surface area contributed by atoms with Crippen molar-refractivity contribution < 1.29 is 5.11 Å². The third-order valence-electron chi connectivity index (χ3n) is 3.20. The van der Waals surface area contributed by atoms with Crippen molar-refractivity contribution in [2.45, 2.75) is 18.9 Å². The summed E-state index contributed by atoms with van der Waals surface area (Å²) in [6.45, 7) is 0. The number of benzene rings is 2. The maximum atomic E-state index is 9.48. The molecule has 0 aromatic heterocycles. The van der Waals surface area contributed by atoms with Crippen molar-refractivity contribution in [1.82, 2.24) is 5.32 Å². The predicted octanol–water partition coefficient (Wildman–Crippen LogP) is 3.42. The van der Waals surface area contributed by atoms with Gasteiger partial charge in [-0.05, 0) is 55.3 Å². The maximum Gasteiger partial charge on any atom is 0.115 e. The summed E-state index contributed by atoms with van der Waals surface area (Å²) in [7, 11) is 1.96. The zero-order valence-corrected chi connectivity index (χ0v) is 11.7. The number of rotatable bonds is 5. The van der Waals surface area contributed by atoms with Gasteiger partial charge in [0.2, 0.25) is 0 Å². The Morgan fingerprint density at radius 3 is 2.37 bits per heavy atom. The van der Waals surface area contributed by atoms with Crippen LogP contribution in [0, 0.1) is 0 Å². The molecule has 0 fully saturated rings. The number of likely N-dealkylation sites (N-methyl/N-ethyl adjacent to an activating group) is 1. The minimum atomic E-state index is 0.318. The van der Waals surface area contributed by atoms with E-state index in [1.54, 1.807) is 6.07 Å². The Morgan fingerprint density at radius 1 is 1.05 bits per heavy atom. The van der Waals surface area contributed by atoms with Crippen molar-refractivity contribution >= 4 is 11.6 Å². The van der Waals surface area contributed by atoms with Crippen molar-refractivity contribution in [3.05, 3.63) is 64.7 Å². The molecule has 0 amide bonds. The Morgan fingerprint density at radius 2 is 1.74 bits per heavy atom. The second-order valence-corrected chi connectivity index (χ2v) is 5.13. The number of phenolic OH excluding ortho intramolecular Hbond substituents is 1. The summed E-state index contributed by atoms with van der Waals surface area (Å²) >= 11 is 5.89. The first kappa shape index (κ1) is 13.9. The van der Waals surface area contributed by atoms with Crippen LogP contribution in [-0.2, 0) is 12.8 Å². The average Bonchev–Trinajstić information content (AvgIpc) is 2.40. The van der Waals surface area contributed by atoms with Crippen molar-refractivity contribution in [3.8, 4) is 5.75 Å². The Bertz CT molecular complexity index is 525. The highest BCUT2D eigenvalue weighted by Gasteiger charge is 2.09. The Balaban J connectivity index is 2.02. The van der Waals surface area contributed by atoms with Gasteiger partial charge in [-0.15, -0.1) is 0 Å². The zero-order chi connectivity index (χ0) is 13.7. The molecule has 0 saturated carbocycles. The van der Waals surface area contributed by atoms with Crippen LogP contribution in [-0.4, -0.2) is 18.2 Å². The molecule has 0 bridgehead atoms. The lowest BCUT2D eigenvalue weighted by atomic mass is 9.99. The number of nitrogens with one attached hydrogen (secondary N) is 1. The second-order valence-electron chi connectivity index (χ2n) is 4.69. The highest BCUT2D eigenvalue weighted by molar-refractivity contribution is 6.30. The normalized spacial score (nSPS) is 12.3. The molecule has 0 radical (unpaired) electrons. The molecule has 1 unspecified atom stereocenters. The van der Waals surface area contributed by atoms with Crippen molar-refractivity contribution in [2.75, 3.05) is 7.05 Å². The molecular weight excluding hydrogens is 258 g/mol. The zero-order valence-electron chi connectivity index (χ0n) is 10.9. The van der Waals surface area contributed by atoms with E-state index in [1.807, 2.05) is 37.4 Å². The minimum Gasteiger partial charge on any atom is -0.508 e. The van der Waals surface area contributed by atoms with Crippen LogP contribution in [0.1, 0.15) is 11.1 Å². The van der Waals surface area contributed by atoms with E-state index >= 15 is 0 Å². The van der Waals surface area contributed by atoms with E-state index in [2.05, 4.69) is 17.4 Å². The highest BCUT2D eigenvalue weighted by Crippen LogP contribution is 2.15. The van der Waals surface area contributed by atoms with Crippen LogP contribution >= 0.6 is 11.6 Å². The van der Waals surface area contributed by atoms with Crippen molar-refractivity contribution in [1.29, 1.82) is 0 Å². The predicted molar refractivity (Wildman–Crippen MR) is 79.8 cm³/mol. The molecule has 0 aliphatic rings. The first-order valence-corrected chi connectivity index (χ1v) is 6.75. The lowest BCUT2D eigenvalue weighted by Gasteiger charge is -2.16. The molecule has 2 aromatic rings. The molecule has 1 atom stereocenters. The summed E-state index contributed by atoms with van der Waals surface area (Å²) < 4.78 is 0. The quantitative estimate of drug-likeness (QED) is 0.876. The molecule has 2 rings (SSSR count). The van der Waals surface area contributed by atoms with Crippen LogP contribution in [0.5, 0.6) is 5.75 Å². The van der Waals surface area contributed by atoms with E-state index in [1.165, 1.54) is 5.56 Å². The Labute approximate surface area is 119 Å². The third kappa shape index (κ3) is 4.27. The van der Waals surface area contributed by atoms with Gasteiger partial charge in [0.25, 0.3) is 0 Å². The van der Waals surface area contributed by atoms with Gasteiger partial charge in [0.1, 0.15) is 5.75 Å². The lowest BCUT2D eigenvalue weighted by Crippen LogP contribution is -2.29. The molecule has 19 heavy (non-hydrogen) atoms. The molecule has 0 spiro atoms. The molecular formula is C16H18ClNO. The summed E-state index contributed by atoms with van der Waals surface area (Å²) in [6, 6.07) is 15.7. The molecule has 0 heterocycles. The largest absolute Gasteiger partial charge is 0.508 e. The minimum absolute atomic E-state index is 0.318. The first-order valence-electron chi connectivity index (χ1n) is 6.37. The van der Waals surface area contributed by atoms with Crippen LogP contribution in [0.25, 0.3) is 0 Å². The summed E-state index contributed by atoms with van der Waals surface area (Å²) in [5, 5.41) is 13.6. The molecule has 2 aromatic carbocycles. The average molecular weight is 276 g/mol. The smallest absolute Gasteiger partial charge is 0.115 e. The molecule has 100 valence electrons. The van der Waals surface area contributed by atoms with Gasteiger partial charge in [-0.1, -0.05) is 35.9 Å². The molecule has 2 nitrogen and oxygen atoms in total. The van der Waals surface area contributed by atoms with Gasteiger partial charge in [0.05, 0.1) is 0 Å².